The fourth-order valence-corrected chi connectivity index (χ4v) is 3.64. The summed E-state index contributed by atoms with van der Waals surface area (Å²) in [7, 11) is 0. The van der Waals surface area contributed by atoms with E-state index < -0.39 is 17.8 Å². The first-order valence-electron chi connectivity index (χ1n) is 8.42. The first kappa shape index (κ1) is 16.5. The third kappa shape index (κ3) is 3.29. The maximum absolute atomic E-state index is 12.7. The number of piperazine rings is 1. The minimum Gasteiger partial charge on any atom is -0.481 e. The van der Waals surface area contributed by atoms with E-state index in [1.165, 1.54) is 6.26 Å². The summed E-state index contributed by atoms with van der Waals surface area (Å²) in [4.78, 5) is 39.7. The highest BCUT2D eigenvalue weighted by Crippen LogP contribution is 2.32. The van der Waals surface area contributed by atoms with Crippen molar-refractivity contribution in [3.63, 3.8) is 0 Å². The van der Waals surface area contributed by atoms with E-state index in [9.17, 15) is 19.5 Å². The lowest BCUT2D eigenvalue weighted by atomic mass is 9.78. The molecule has 2 amide bonds. The maximum Gasteiger partial charge on any atom is 0.307 e. The average molecular weight is 334 g/mol. The van der Waals surface area contributed by atoms with E-state index in [2.05, 4.69) is 0 Å². The summed E-state index contributed by atoms with van der Waals surface area (Å²) >= 11 is 0. The van der Waals surface area contributed by atoms with Crippen molar-refractivity contribution in [1.29, 1.82) is 0 Å². The molecule has 7 heteroatoms. The molecule has 0 bridgehead atoms. The van der Waals surface area contributed by atoms with Gasteiger partial charge in [-0.15, -0.1) is 0 Å². The second-order valence-electron chi connectivity index (χ2n) is 6.43. The molecule has 2 unspecified atom stereocenters. The van der Waals surface area contributed by atoms with Gasteiger partial charge >= 0.3 is 5.97 Å². The average Bonchev–Trinajstić information content (AvgIpc) is 3.15. The normalized spacial score (nSPS) is 24.7. The second-order valence-corrected chi connectivity index (χ2v) is 6.43. The number of hydrogen-bond acceptors (Lipinski definition) is 4. The summed E-state index contributed by atoms with van der Waals surface area (Å²) in [5, 5.41) is 9.34. The molecule has 1 saturated heterocycles. The highest BCUT2D eigenvalue weighted by Gasteiger charge is 2.38. The molecule has 0 radical (unpaired) electrons. The van der Waals surface area contributed by atoms with E-state index in [1.807, 2.05) is 0 Å². The number of rotatable bonds is 3. The zero-order chi connectivity index (χ0) is 17.1. The van der Waals surface area contributed by atoms with Gasteiger partial charge in [0.15, 0.2) is 5.76 Å². The first-order valence-corrected chi connectivity index (χ1v) is 8.42. The van der Waals surface area contributed by atoms with Crippen molar-refractivity contribution >= 4 is 17.8 Å². The molecule has 1 aliphatic carbocycles. The van der Waals surface area contributed by atoms with Crippen LogP contribution < -0.4 is 0 Å². The van der Waals surface area contributed by atoms with Crippen molar-refractivity contribution in [2.24, 2.45) is 11.8 Å². The number of carbonyl (C=O) groups excluding carboxylic acids is 2. The van der Waals surface area contributed by atoms with Crippen molar-refractivity contribution in [3.8, 4) is 0 Å². The maximum atomic E-state index is 12.7. The number of furan rings is 1. The van der Waals surface area contributed by atoms with Gasteiger partial charge in [-0.1, -0.05) is 12.8 Å². The molecule has 24 heavy (non-hydrogen) atoms. The Kier molecular flexibility index (Phi) is 4.87. The minimum absolute atomic E-state index is 0.0767. The largest absolute Gasteiger partial charge is 0.481 e. The van der Waals surface area contributed by atoms with Gasteiger partial charge in [-0.2, -0.15) is 0 Å². The predicted molar refractivity (Wildman–Crippen MR) is 84.3 cm³/mol. The third-order valence-electron chi connectivity index (χ3n) is 5.01. The van der Waals surface area contributed by atoms with E-state index >= 15 is 0 Å². The Morgan fingerprint density at radius 1 is 1.00 bits per heavy atom. The quantitative estimate of drug-likeness (QED) is 0.903. The molecule has 2 atom stereocenters. The Balaban J connectivity index is 1.58. The van der Waals surface area contributed by atoms with Gasteiger partial charge in [-0.25, -0.2) is 0 Å². The summed E-state index contributed by atoms with van der Waals surface area (Å²) in [6.07, 6.45) is 4.44. The van der Waals surface area contributed by atoms with Crippen molar-refractivity contribution < 1.29 is 23.9 Å². The summed E-state index contributed by atoms with van der Waals surface area (Å²) in [5.41, 5.74) is 0. The number of amides is 2. The molecule has 2 heterocycles. The molecule has 1 aromatic rings. The number of nitrogens with zero attached hydrogens (tertiary/aromatic N) is 2. The van der Waals surface area contributed by atoms with Gasteiger partial charge in [-0.3, -0.25) is 14.4 Å². The highest BCUT2D eigenvalue weighted by molar-refractivity contribution is 5.91. The summed E-state index contributed by atoms with van der Waals surface area (Å²) in [5.74, 6) is -1.83. The molecule has 2 aliphatic rings. The molecule has 0 aromatic carbocycles. The van der Waals surface area contributed by atoms with Crippen LogP contribution >= 0.6 is 0 Å². The fourth-order valence-electron chi connectivity index (χ4n) is 3.64. The highest BCUT2D eigenvalue weighted by atomic mass is 16.4. The lowest BCUT2D eigenvalue weighted by Crippen LogP contribution is -2.53. The summed E-state index contributed by atoms with van der Waals surface area (Å²) < 4.78 is 5.12. The van der Waals surface area contributed by atoms with E-state index in [-0.39, 0.29) is 11.8 Å². The van der Waals surface area contributed by atoms with Crippen LogP contribution in [0.4, 0.5) is 0 Å². The van der Waals surface area contributed by atoms with E-state index in [4.69, 9.17) is 4.42 Å². The third-order valence-corrected chi connectivity index (χ3v) is 5.01. The molecule has 1 aromatic heterocycles. The topological polar surface area (TPSA) is 91.1 Å². The molecule has 1 saturated carbocycles. The Morgan fingerprint density at radius 3 is 2.21 bits per heavy atom. The van der Waals surface area contributed by atoms with Crippen LogP contribution in [0.15, 0.2) is 22.8 Å². The van der Waals surface area contributed by atoms with Crippen LogP contribution in [0, 0.1) is 11.8 Å². The van der Waals surface area contributed by atoms with Crippen LogP contribution in [0.25, 0.3) is 0 Å². The Morgan fingerprint density at radius 2 is 1.62 bits per heavy atom. The number of aliphatic carboxylic acids is 1. The number of carboxylic acids is 1. The lowest BCUT2D eigenvalue weighted by Gasteiger charge is -2.38. The molecule has 0 spiro atoms. The number of carboxylic acid groups (broad SMARTS) is 1. The van der Waals surface area contributed by atoms with Crippen molar-refractivity contribution in [2.75, 3.05) is 26.2 Å². The molecular weight excluding hydrogens is 312 g/mol. The zero-order valence-corrected chi connectivity index (χ0v) is 13.5. The molecule has 130 valence electrons. The molecule has 3 rings (SSSR count). The predicted octanol–water partition coefficient (Wildman–Crippen LogP) is 1.45. The van der Waals surface area contributed by atoms with Gasteiger partial charge in [0.1, 0.15) is 0 Å². The van der Waals surface area contributed by atoms with Gasteiger partial charge in [0, 0.05) is 26.2 Å². The SMILES string of the molecule is O=C(O)C1CCCCC1C(=O)N1CCN(C(=O)c2ccco2)CC1. The molecular formula is C17H22N2O5. The molecule has 1 aliphatic heterocycles. The monoisotopic (exact) mass is 334 g/mol. The van der Waals surface area contributed by atoms with Crippen LogP contribution in [0.1, 0.15) is 36.2 Å². The van der Waals surface area contributed by atoms with Crippen molar-refractivity contribution in [1.82, 2.24) is 9.80 Å². The van der Waals surface area contributed by atoms with Crippen LogP contribution in [0.5, 0.6) is 0 Å². The van der Waals surface area contributed by atoms with E-state index in [1.54, 1.807) is 21.9 Å². The minimum atomic E-state index is -0.875. The van der Waals surface area contributed by atoms with Crippen molar-refractivity contribution in [2.45, 2.75) is 25.7 Å². The smallest absolute Gasteiger partial charge is 0.307 e. The van der Waals surface area contributed by atoms with Gasteiger partial charge in [-0.05, 0) is 25.0 Å². The molecule has 2 fully saturated rings. The Labute approximate surface area is 140 Å². The van der Waals surface area contributed by atoms with Gasteiger partial charge in [0.25, 0.3) is 5.91 Å². The first-order chi connectivity index (χ1) is 11.6. The molecule has 1 N–H and O–H groups in total. The van der Waals surface area contributed by atoms with Crippen LogP contribution in [-0.4, -0.2) is 58.9 Å². The standard InChI is InChI=1S/C17H22N2O5/c20-15(12-4-1-2-5-13(12)17(22)23)18-7-9-19(10-8-18)16(21)14-6-3-11-24-14/h3,6,11-13H,1-2,4-5,7-10H2,(H,22,23). The lowest BCUT2D eigenvalue weighted by molar-refractivity contribution is -0.152. The zero-order valence-electron chi connectivity index (χ0n) is 13.5. The van der Waals surface area contributed by atoms with E-state index in [0.29, 0.717) is 44.8 Å². The molecule has 7 nitrogen and oxygen atoms in total. The van der Waals surface area contributed by atoms with Gasteiger partial charge < -0.3 is 19.3 Å². The van der Waals surface area contributed by atoms with Gasteiger partial charge in [0.05, 0.1) is 18.1 Å². The van der Waals surface area contributed by atoms with Crippen molar-refractivity contribution in [3.05, 3.63) is 24.2 Å². The fraction of sp³-hybridized carbons (Fsp3) is 0.588. The number of carbonyl (C=O) groups is 3. The number of hydrogen-bond donors (Lipinski definition) is 1. The Hall–Kier alpha value is -2.31. The Bertz CT molecular complexity index is 605. The van der Waals surface area contributed by atoms with Crippen LogP contribution in [0.2, 0.25) is 0 Å². The second kappa shape index (κ2) is 7.07. The van der Waals surface area contributed by atoms with Crippen LogP contribution in [-0.2, 0) is 9.59 Å². The van der Waals surface area contributed by atoms with E-state index in [0.717, 1.165) is 12.8 Å². The summed E-state index contributed by atoms with van der Waals surface area (Å²) in [6, 6.07) is 3.29. The van der Waals surface area contributed by atoms with Crippen LogP contribution in [0.3, 0.4) is 0 Å². The van der Waals surface area contributed by atoms with Gasteiger partial charge in [0.2, 0.25) is 5.91 Å². The summed E-state index contributed by atoms with van der Waals surface area (Å²) in [6.45, 7) is 1.76.